The number of aliphatic hydroxyl groups is 1. The van der Waals surface area contributed by atoms with Gasteiger partial charge in [0.15, 0.2) is 0 Å². The molecular formula is C13H22N4O2. The molecule has 0 saturated carbocycles. The van der Waals surface area contributed by atoms with Crippen LogP contribution in [0.15, 0.2) is 0 Å². The van der Waals surface area contributed by atoms with E-state index in [0.29, 0.717) is 6.54 Å². The van der Waals surface area contributed by atoms with Gasteiger partial charge in [-0.3, -0.25) is 0 Å². The second-order valence-electron chi connectivity index (χ2n) is 4.97. The molecule has 106 valence electrons. The molecule has 1 aromatic heterocycles. The predicted molar refractivity (Wildman–Crippen MR) is 74.7 cm³/mol. The Morgan fingerprint density at radius 3 is 2.74 bits per heavy atom. The van der Waals surface area contributed by atoms with Gasteiger partial charge < -0.3 is 20.1 Å². The van der Waals surface area contributed by atoms with Gasteiger partial charge in [-0.15, -0.1) is 0 Å². The highest BCUT2D eigenvalue weighted by Gasteiger charge is 2.27. The van der Waals surface area contributed by atoms with Gasteiger partial charge in [0, 0.05) is 25.7 Å². The lowest BCUT2D eigenvalue weighted by atomic mass is 10.2. The smallest absolute Gasteiger partial charge is 0.137 e. The lowest BCUT2D eigenvalue weighted by molar-refractivity contribution is -0.0423. The number of hydrogen-bond acceptors (Lipinski definition) is 6. The Morgan fingerprint density at radius 1 is 1.37 bits per heavy atom. The Morgan fingerprint density at radius 2 is 2.11 bits per heavy atom. The van der Waals surface area contributed by atoms with Crippen molar-refractivity contribution >= 4 is 11.6 Å². The average molecular weight is 266 g/mol. The number of ether oxygens (including phenoxy) is 1. The number of anilines is 2. The number of hydrogen-bond donors (Lipinski definition) is 2. The van der Waals surface area contributed by atoms with Crippen LogP contribution in [-0.4, -0.2) is 54.0 Å². The van der Waals surface area contributed by atoms with Gasteiger partial charge in [0.2, 0.25) is 0 Å². The molecule has 0 aliphatic carbocycles. The van der Waals surface area contributed by atoms with Crippen molar-refractivity contribution in [2.75, 3.05) is 37.0 Å². The molecule has 6 heteroatoms. The van der Waals surface area contributed by atoms with E-state index in [9.17, 15) is 5.11 Å². The van der Waals surface area contributed by atoms with E-state index in [4.69, 9.17) is 4.74 Å². The third-order valence-electron chi connectivity index (χ3n) is 3.30. The fourth-order valence-electron chi connectivity index (χ4n) is 2.48. The lowest BCUT2D eigenvalue weighted by Crippen LogP contribution is -2.48. The van der Waals surface area contributed by atoms with E-state index in [0.717, 1.165) is 29.6 Å². The van der Waals surface area contributed by atoms with Gasteiger partial charge in [-0.25, -0.2) is 9.97 Å². The molecule has 2 unspecified atom stereocenters. The highest BCUT2D eigenvalue weighted by atomic mass is 16.5. The molecule has 0 aromatic carbocycles. The summed E-state index contributed by atoms with van der Waals surface area (Å²) in [6, 6.07) is 0. The second-order valence-corrected chi connectivity index (χ2v) is 4.97. The molecule has 0 spiro atoms. The van der Waals surface area contributed by atoms with Gasteiger partial charge in [0.25, 0.3) is 0 Å². The lowest BCUT2D eigenvalue weighted by Gasteiger charge is -2.37. The van der Waals surface area contributed by atoms with E-state index in [1.54, 1.807) is 0 Å². The summed E-state index contributed by atoms with van der Waals surface area (Å²) in [5.74, 6) is 2.51. The number of aryl methyl sites for hydroxylation is 1. The Balaban J connectivity index is 2.32. The summed E-state index contributed by atoms with van der Waals surface area (Å²) >= 11 is 0. The molecule has 6 nitrogen and oxygen atoms in total. The van der Waals surface area contributed by atoms with E-state index < -0.39 is 0 Å². The SMILES string of the molecule is CNc1nc(C)nc(N2CC(C)OC(CO)C2)c1C. The van der Waals surface area contributed by atoms with E-state index in [-0.39, 0.29) is 18.8 Å². The summed E-state index contributed by atoms with van der Waals surface area (Å²) in [6.07, 6.45) is -0.0740. The van der Waals surface area contributed by atoms with Gasteiger partial charge in [0.05, 0.1) is 18.8 Å². The molecule has 0 radical (unpaired) electrons. The van der Waals surface area contributed by atoms with Gasteiger partial charge in [-0.2, -0.15) is 0 Å². The largest absolute Gasteiger partial charge is 0.394 e. The summed E-state index contributed by atoms with van der Waals surface area (Å²) in [5.41, 5.74) is 1.03. The van der Waals surface area contributed by atoms with Crippen LogP contribution < -0.4 is 10.2 Å². The molecule has 2 rings (SSSR count). The highest BCUT2D eigenvalue weighted by Crippen LogP contribution is 2.26. The minimum absolute atomic E-state index is 0.0306. The zero-order valence-electron chi connectivity index (χ0n) is 12.0. The average Bonchev–Trinajstić information content (AvgIpc) is 2.40. The number of nitrogens with zero attached hydrogens (tertiary/aromatic N) is 3. The molecule has 2 N–H and O–H groups in total. The van der Waals surface area contributed by atoms with Crippen LogP contribution in [0.3, 0.4) is 0 Å². The first-order valence-corrected chi connectivity index (χ1v) is 6.59. The maximum absolute atomic E-state index is 9.30. The van der Waals surface area contributed by atoms with Crippen molar-refractivity contribution in [3.63, 3.8) is 0 Å². The summed E-state index contributed by atoms with van der Waals surface area (Å²) in [7, 11) is 1.86. The summed E-state index contributed by atoms with van der Waals surface area (Å²) in [5, 5.41) is 12.4. The molecule has 2 atom stereocenters. The number of nitrogens with one attached hydrogen (secondary N) is 1. The minimum Gasteiger partial charge on any atom is -0.394 e. The monoisotopic (exact) mass is 266 g/mol. The standard InChI is InChI=1S/C13H22N4O2/c1-8-5-17(6-11(7-18)19-8)13-9(2)12(14-4)15-10(3)16-13/h8,11,18H,5-7H2,1-4H3,(H,14,15,16). The predicted octanol–water partition coefficient (Wildman–Crippen LogP) is 0.721. The molecule has 2 heterocycles. The molecule has 1 aromatic rings. The van der Waals surface area contributed by atoms with E-state index >= 15 is 0 Å². The third-order valence-corrected chi connectivity index (χ3v) is 3.30. The minimum atomic E-state index is -0.156. The Kier molecular flexibility index (Phi) is 4.21. The maximum atomic E-state index is 9.30. The normalized spacial score (nSPS) is 23.5. The number of rotatable bonds is 3. The van der Waals surface area contributed by atoms with Crippen molar-refractivity contribution in [1.82, 2.24) is 9.97 Å². The molecule has 0 amide bonds. The fraction of sp³-hybridized carbons (Fsp3) is 0.692. The molecular weight excluding hydrogens is 244 g/mol. The van der Waals surface area contributed by atoms with Crippen LogP contribution >= 0.6 is 0 Å². The molecule has 1 aliphatic heterocycles. The zero-order valence-corrected chi connectivity index (χ0v) is 12.0. The van der Waals surface area contributed by atoms with E-state index in [1.807, 2.05) is 27.8 Å². The number of morpholine rings is 1. The number of aliphatic hydroxyl groups excluding tert-OH is 1. The van der Waals surface area contributed by atoms with Gasteiger partial charge in [0.1, 0.15) is 17.5 Å². The van der Waals surface area contributed by atoms with Crippen molar-refractivity contribution in [2.24, 2.45) is 0 Å². The Labute approximate surface area is 113 Å². The molecule has 0 bridgehead atoms. The van der Waals surface area contributed by atoms with Crippen LogP contribution in [0.4, 0.5) is 11.6 Å². The summed E-state index contributed by atoms with van der Waals surface area (Å²) in [6.45, 7) is 7.37. The number of aromatic nitrogens is 2. The first-order valence-electron chi connectivity index (χ1n) is 6.59. The van der Waals surface area contributed by atoms with Gasteiger partial charge in [-0.05, 0) is 20.8 Å². The van der Waals surface area contributed by atoms with Crippen molar-refractivity contribution in [3.05, 3.63) is 11.4 Å². The first kappa shape index (κ1) is 14.0. The Bertz CT molecular complexity index is 453. The molecule has 19 heavy (non-hydrogen) atoms. The van der Waals surface area contributed by atoms with Crippen molar-refractivity contribution in [3.8, 4) is 0 Å². The molecule has 1 saturated heterocycles. The van der Waals surface area contributed by atoms with Crippen LogP contribution in [0.2, 0.25) is 0 Å². The quantitative estimate of drug-likeness (QED) is 0.840. The van der Waals surface area contributed by atoms with Crippen LogP contribution in [0.1, 0.15) is 18.3 Å². The highest BCUT2D eigenvalue weighted by molar-refractivity contribution is 5.58. The first-order chi connectivity index (χ1) is 9.05. The fourth-order valence-corrected chi connectivity index (χ4v) is 2.48. The maximum Gasteiger partial charge on any atom is 0.137 e. The molecule has 1 aliphatic rings. The summed E-state index contributed by atoms with van der Waals surface area (Å²) in [4.78, 5) is 11.1. The van der Waals surface area contributed by atoms with E-state index in [1.165, 1.54) is 0 Å². The second kappa shape index (κ2) is 5.71. The van der Waals surface area contributed by atoms with Crippen LogP contribution in [-0.2, 0) is 4.74 Å². The zero-order chi connectivity index (χ0) is 14.0. The van der Waals surface area contributed by atoms with Crippen molar-refractivity contribution in [1.29, 1.82) is 0 Å². The van der Waals surface area contributed by atoms with Crippen LogP contribution in [0.5, 0.6) is 0 Å². The topological polar surface area (TPSA) is 70.5 Å². The van der Waals surface area contributed by atoms with Crippen molar-refractivity contribution < 1.29 is 9.84 Å². The van der Waals surface area contributed by atoms with Gasteiger partial charge in [-0.1, -0.05) is 0 Å². The van der Waals surface area contributed by atoms with Gasteiger partial charge >= 0.3 is 0 Å². The molecule has 1 fully saturated rings. The van der Waals surface area contributed by atoms with Crippen molar-refractivity contribution in [2.45, 2.75) is 33.0 Å². The van der Waals surface area contributed by atoms with Crippen LogP contribution in [0, 0.1) is 13.8 Å². The van der Waals surface area contributed by atoms with E-state index in [2.05, 4.69) is 20.2 Å². The Hall–Kier alpha value is -1.40. The van der Waals surface area contributed by atoms with Crippen LogP contribution in [0.25, 0.3) is 0 Å². The summed E-state index contributed by atoms with van der Waals surface area (Å²) < 4.78 is 5.66. The third kappa shape index (κ3) is 2.96.